The third-order valence-electron chi connectivity index (χ3n) is 3.06. The fraction of sp³-hybridized carbons (Fsp3) is 0.188. The number of hydrogen-bond acceptors (Lipinski definition) is 2. The van der Waals surface area contributed by atoms with Crippen molar-refractivity contribution in [1.82, 2.24) is 5.32 Å². The number of nitrogens with two attached hydrogens (primary N) is 1. The van der Waals surface area contributed by atoms with E-state index in [9.17, 15) is 4.79 Å². The number of carbonyl (C=O) groups excluding carboxylic acids is 1. The molecule has 0 saturated heterocycles. The normalized spacial score (nSPS) is 11.9. The van der Waals surface area contributed by atoms with Gasteiger partial charge in [0.1, 0.15) is 0 Å². The molecule has 1 atom stereocenters. The van der Waals surface area contributed by atoms with Gasteiger partial charge in [-0.2, -0.15) is 0 Å². The minimum atomic E-state index is -0.202. The summed E-state index contributed by atoms with van der Waals surface area (Å²) in [6.45, 7) is 0.410. The molecule has 3 N–H and O–H groups in total. The van der Waals surface area contributed by atoms with Gasteiger partial charge in [0.25, 0.3) is 0 Å². The molecular formula is C16H17ClN2O. The van der Waals surface area contributed by atoms with Crippen LogP contribution in [-0.2, 0) is 11.2 Å². The largest absolute Gasteiger partial charge is 0.354 e. The van der Waals surface area contributed by atoms with Gasteiger partial charge in [0.05, 0.1) is 6.42 Å². The van der Waals surface area contributed by atoms with E-state index in [1.54, 1.807) is 6.07 Å². The number of benzene rings is 2. The highest BCUT2D eigenvalue weighted by Crippen LogP contribution is 2.15. The van der Waals surface area contributed by atoms with Crippen molar-refractivity contribution in [3.63, 3.8) is 0 Å². The molecule has 104 valence electrons. The molecule has 0 heterocycles. The molecule has 20 heavy (non-hydrogen) atoms. The Labute approximate surface area is 123 Å². The summed E-state index contributed by atoms with van der Waals surface area (Å²) in [6, 6.07) is 16.8. The highest BCUT2D eigenvalue weighted by molar-refractivity contribution is 6.31. The Morgan fingerprint density at radius 2 is 1.75 bits per heavy atom. The SMILES string of the molecule is NC(CNC(=O)Cc1ccccc1Cl)c1ccccc1. The van der Waals surface area contributed by atoms with Crippen LogP contribution in [0.3, 0.4) is 0 Å². The molecule has 0 radical (unpaired) electrons. The summed E-state index contributed by atoms with van der Waals surface area (Å²) in [5.74, 6) is -0.0792. The van der Waals surface area contributed by atoms with E-state index in [0.717, 1.165) is 11.1 Å². The first-order chi connectivity index (χ1) is 9.66. The number of amides is 1. The van der Waals surface area contributed by atoms with E-state index in [0.29, 0.717) is 11.6 Å². The average Bonchev–Trinajstić information content (AvgIpc) is 2.48. The molecule has 0 bridgehead atoms. The third-order valence-corrected chi connectivity index (χ3v) is 3.42. The summed E-state index contributed by atoms with van der Waals surface area (Å²) in [5, 5.41) is 3.44. The van der Waals surface area contributed by atoms with E-state index in [1.165, 1.54) is 0 Å². The van der Waals surface area contributed by atoms with Crippen molar-refractivity contribution < 1.29 is 4.79 Å². The molecule has 0 aliphatic carbocycles. The van der Waals surface area contributed by atoms with Crippen LogP contribution < -0.4 is 11.1 Å². The van der Waals surface area contributed by atoms with Gasteiger partial charge in [-0.1, -0.05) is 60.1 Å². The first-order valence-corrected chi connectivity index (χ1v) is 6.85. The Kier molecular flexibility index (Phi) is 5.16. The van der Waals surface area contributed by atoms with Crippen molar-refractivity contribution in [3.8, 4) is 0 Å². The molecule has 1 amide bonds. The molecule has 1 unspecified atom stereocenters. The summed E-state index contributed by atoms with van der Waals surface area (Å²) in [6.07, 6.45) is 0.265. The van der Waals surface area contributed by atoms with Crippen molar-refractivity contribution >= 4 is 17.5 Å². The zero-order valence-electron chi connectivity index (χ0n) is 11.1. The van der Waals surface area contributed by atoms with Gasteiger partial charge in [-0.25, -0.2) is 0 Å². The monoisotopic (exact) mass is 288 g/mol. The van der Waals surface area contributed by atoms with Crippen molar-refractivity contribution in [3.05, 3.63) is 70.7 Å². The Balaban J connectivity index is 1.85. The van der Waals surface area contributed by atoms with Gasteiger partial charge in [0.15, 0.2) is 0 Å². The van der Waals surface area contributed by atoms with E-state index in [4.69, 9.17) is 17.3 Å². The first-order valence-electron chi connectivity index (χ1n) is 6.47. The lowest BCUT2D eigenvalue weighted by Crippen LogP contribution is -2.32. The van der Waals surface area contributed by atoms with Crippen LogP contribution in [-0.4, -0.2) is 12.5 Å². The minimum Gasteiger partial charge on any atom is -0.354 e. The van der Waals surface area contributed by atoms with Gasteiger partial charge in [0.2, 0.25) is 5.91 Å². The third kappa shape index (κ3) is 4.08. The lowest BCUT2D eigenvalue weighted by Gasteiger charge is -2.13. The van der Waals surface area contributed by atoms with E-state index in [2.05, 4.69) is 5.32 Å². The topological polar surface area (TPSA) is 55.1 Å². The standard InChI is InChI=1S/C16H17ClN2O/c17-14-9-5-4-8-13(14)10-16(20)19-11-15(18)12-6-2-1-3-7-12/h1-9,15H,10-11,18H2,(H,19,20). The van der Waals surface area contributed by atoms with Crippen molar-refractivity contribution in [2.75, 3.05) is 6.54 Å². The van der Waals surface area contributed by atoms with E-state index < -0.39 is 0 Å². The maximum atomic E-state index is 11.9. The number of rotatable bonds is 5. The van der Waals surface area contributed by atoms with Crippen LogP contribution in [0.15, 0.2) is 54.6 Å². The maximum Gasteiger partial charge on any atom is 0.224 e. The predicted octanol–water partition coefficient (Wildman–Crippen LogP) is 2.70. The number of carbonyl (C=O) groups is 1. The molecule has 0 saturated carbocycles. The molecule has 2 rings (SSSR count). The summed E-state index contributed by atoms with van der Waals surface area (Å²) >= 11 is 6.02. The van der Waals surface area contributed by atoms with Crippen molar-refractivity contribution in [2.24, 2.45) is 5.73 Å². The minimum absolute atomic E-state index is 0.0792. The summed E-state index contributed by atoms with van der Waals surface area (Å²) in [4.78, 5) is 11.9. The van der Waals surface area contributed by atoms with Crippen molar-refractivity contribution in [2.45, 2.75) is 12.5 Å². The Bertz CT molecular complexity index is 572. The van der Waals surface area contributed by atoms with Gasteiger partial charge in [-0.05, 0) is 17.2 Å². The lowest BCUT2D eigenvalue weighted by atomic mass is 10.1. The fourth-order valence-electron chi connectivity index (χ4n) is 1.92. The Hall–Kier alpha value is -1.84. The molecule has 0 aromatic heterocycles. The maximum absolute atomic E-state index is 11.9. The van der Waals surface area contributed by atoms with Crippen LogP contribution in [0, 0.1) is 0 Å². The highest BCUT2D eigenvalue weighted by atomic mass is 35.5. The Morgan fingerprint density at radius 3 is 2.45 bits per heavy atom. The van der Waals surface area contributed by atoms with Gasteiger partial charge < -0.3 is 11.1 Å². The van der Waals surface area contributed by atoms with Crippen LogP contribution in [0.1, 0.15) is 17.2 Å². The quantitative estimate of drug-likeness (QED) is 0.889. The van der Waals surface area contributed by atoms with E-state index in [-0.39, 0.29) is 18.4 Å². The number of nitrogens with one attached hydrogen (secondary N) is 1. The van der Waals surface area contributed by atoms with Crippen LogP contribution in [0.5, 0.6) is 0 Å². The Morgan fingerprint density at radius 1 is 1.10 bits per heavy atom. The molecule has 2 aromatic rings. The summed E-state index contributed by atoms with van der Waals surface area (Å²) in [5.41, 5.74) is 7.85. The lowest BCUT2D eigenvalue weighted by molar-refractivity contribution is -0.120. The molecular weight excluding hydrogens is 272 g/mol. The van der Waals surface area contributed by atoms with Gasteiger partial charge in [0, 0.05) is 17.6 Å². The molecule has 0 aliphatic rings. The van der Waals surface area contributed by atoms with E-state index >= 15 is 0 Å². The zero-order chi connectivity index (χ0) is 14.4. The van der Waals surface area contributed by atoms with Crippen LogP contribution >= 0.6 is 11.6 Å². The van der Waals surface area contributed by atoms with Crippen LogP contribution in [0.2, 0.25) is 5.02 Å². The second-order valence-electron chi connectivity index (χ2n) is 4.59. The fourth-order valence-corrected chi connectivity index (χ4v) is 2.12. The first kappa shape index (κ1) is 14.6. The molecule has 0 spiro atoms. The predicted molar refractivity (Wildman–Crippen MR) is 81.5 cm³/mol. The zero-order valence-corrected chi connectivity index (χ0v) is 11.8. The molecule has 4 heteroatoms. The van der Waals surface area contributed by atoms with Gasteiger partial charge in [-0.3, -0.25) is 4.79 Å². The smallest absolute Gasteiger partial charge is 0.224 e. The van der Waals surface area contributed by atoms with Gasteiger partial charge >= 0.3 is 0 Å². The summed E-state index contributed by atoms with van der Waals surface area (Å²) in [7, 11) is 0. The van der Waals surface area contributed by atoms with Gasteiger partial charge in [-0.15, -0.1) is 0 Å². The molecule has 0 fully saturated rings. The van der Waals surface area contributed by atoms with Crippen LogP contribution in [0.25, 0.3) is 0 Å². The number of halogens is 1. The molecule has 0 aliphatic heterocycles. The molecule has 3 nitrogen and oxygen atoms in total. The average molecular weight is 289 g/mol. The van der Waals surface area contributed by atoms with Crippen molar-refractivity contribution in [1.29, 1.82) is 0 Å². The van der Waals surface area contributed by atoms with Crippen LogP contribution in [0.4, 0.5) is 0 Å². The summed E-state index contributed by atoms with van der Waals surface area (Å²) < 4.78 is 0. The highest BCUT2D eigenvalue weighted by Gasteiger charge is 2.09. The second-order valence-corrected chi connectivity index (χ2v) is 5.00. The van der Waals surface area contributed by atoms with E-state index in [1.807, 2.05) is 48.5 Å². The molecule has 2 aromatic carbocycles. The number of hydrogen-bond donors (Lipinski definition) is 2. The second kappa shape index (κ2) is 7.08.